The van der Waals surface area contributed by atoms with Gasteiger partial charge < -0.3 is 60.5 Å². The Hall–Kier alpha value is -0.285. The van der Waals surface area contributed by atoms with E-state index in [-0.39, 0.29) is 13.2 Å². The van der Waals surface area contributed by atoms with Crippen molar-refractivity contribution in [1.29, 1.82) is 0 Å². The molecule has 0 bridgehead atoms. The maximum absolute atomic E-state index is 8.17. The van der Waals surface area contributed by atoms with Crippen molar-refractivity contribution in [3.8, 4) is 0 Å². The fourth-order valence-corrected chi connectivity index (χ4v) is 0.0577. The molecule has 0 unspecified atom stereocenters. The van der Waals surface area contributed by atoms with E-state index in [4.69, 9.17) is 60.5 Å². The fourth-order valence-electron chi connectivity index (χ4n) is 0.0577. The Balaban J connectivity index is -0.0000000742. The summed E-state index contributed by atoms with van der Waals surface area (Å²) in [6.07, 6.45) is -0.954. The lowest BCUT2D eigenvalue weighted by molar-refractivity contribution is 0.0450. The molecular weight excluding hydrogens is 260 g/mol. The van der Waals surface area contributed by atoms with Gasteiger partial charge in [0.15, 0.2) is 0 Å². The van der Waals surface area contributed by atoms with E-state index in [2.05, 4.69) is 0 Å². The molecule has 0 saturated carbocycles. The van der Waals surface area contributed by atoms with E-state index < -0.39 is 28.1 Å². The molecule has 0 spiro atoms. The van der Waals surface area contributed by atoms with Crippen LogP contribution in [0.1, 0.15) is 0 Å². The van der Waals surface area contributed by atoms with Crippen LogP contribution in [0, 0.1) is 0 Å². The summed E-state index contributed by atoms with van der Waals surface area (Å²) < 4.78 is 0. The van der Waals surface area contributed by atoms with Crippen LogP contribution in [0.3, 0.4) is 0 Å². The van der Waals surface area contributed by atoms with Crippen molar-refractivity contribution in [2.24, 2.45) is 0 Å². The van der Waals surface area contributed by atoms with Gasteiger partial charge in [0.2, 0.25) is 0 Å². The first kappa shape index (κ1) is 26.3. The summed E-state index contributed by atoms with van der Waals surface area (Å²) >= 11 is 0. The molecule has 0 fully saturated rings. The van der Waals surface area contributed by atoms with Gasteiger partial charge in [0.05, 0.1) is 13.2 Å². The smallest absolute Gasteiger partial charge is 0.402 e. The summed E-state index contributed by atoms with van der Waals surface area (Å²) in [4.78, 5) is 0. The molecule has 12 nitrogen and oxygen atoms in total. The predicted molar refractivity (Wildman–Crippen MR) is 57.4 cm³/mol. The van der Waals surface area contributed by atoms with Crippen LogP contribution in [-0.2, 0) is 0 Å². The van der Waals surface area contributed by atoms with Crippen molar-refractivity contribution in [3.63, 3.8) is 0 Å². The minimum Gasteiger partial charge on any atom is -0.402 e. The van der Waals surface area contributed by atoms with Gasteiger partial charge in [-0.3, -0.25) is 0 Å². The molecule has 0 rings (SSSR count). The molecule has 0 aromatic carbocycles. The van der Waals surface area contributed by atoms with Crippen LogP contribution < -0.4 is 0 Å². The van der Waals surface area contributed by atoms with Crippen LogP contribution in [0.25, 0.3) is 0 Å². The Morgan fingerprint density at radius 1 is 0.556 bits per heavy atom. The lowest BCUT2D eigenvalue weighted by atomic mass is 10.3. The number of rotatable bonds is 2. The third-order valence-electron chi connectivity index (χ3n) is 0.421. The Morgan fingerprint density at radius 3 is 0.667 bits per heavy atom. The van der Waals surface area contributed by atoms with Crippen LogP contribution in [0.2, 0.25) is 0 Å². The molecule has 110 valence electrons. The van der Waals surface area contributed by atoms with Crippen molar-refractivity contribution in [1.82, 2.24) is 0 Å². The Morgan fingerprint density at radius 2 is 0.667 bits per heavy atom. The van der Waals surface area contributed by atoms with Crippen molar-refractivity contribution in [3.05, 3.63) is 0 Å². The predicted octanol–water partition coefficient (Wildman–Crippen LogP) is -7.82. The van der Waals surface area contributed by atoms with E-state index >= 15 is 0 Å². The molecule has 0 aliphatic carbocycles. The summed E-state index contributed by atoms with van der Waals surface area (Å²) in [5.74, 6) is 0. The zero-order valence-electron chi connectivity index (χ0n) is 9.09. The molecule has 0 aromatic rings. The molecule has 12 N–H and O–H groups in total. The Bertz CT molecular complexity index is 96.6. The SMILES string of the molecule is OB(O)O.OB(O)O.OB(O)O.OCC(O)CO. The zero-order valence-corrected chi connectivity index (χ0v) is 9.09. The van der Waals surface area contributed by atoms with E-state index in [0.717, 1.165) is 0 Å². The van der Waals surface area contributed by atoms with Crippen LogP contribution in [0.5, 0.6) is 0 Å². The van der Waals surface area contributed by atoms with Gasteiger partial charge >= 0.3 is 22.0 Å². The monoisotopic (exact) mass is 278 g/mol. The van der Waals surface area contributed by atoms with Crippen molar-refractivity contribution >= 4 is 22.0 Å². The fraction of sp³-hybridized carbons (Fsp3) is 1.00. The highest BCUT2D eigenvalue weighted by Crippen LogP contribution is 1.71. The van der Waals surface area contributed by atoms with E-state index in [0.29, 0.717) is 0 Å². The second-order valence-corrected chi connectivity index (χ2v) is 2.06. The second-order valence-electron chi connectivity index (χ2n) is 2.06. The molecule has 0 atom stereocenters. The molecule has 0 saturated heterocycles. The Kier molecular flexibility index (Phi) is 32.1. The lowest BCUT2D eigenvalue weighted by Crippen LogP contribution is -2.15. The first-order valence-corrected chi connectivity index (χ1v) is 4.03. The Labute approximate surface area is 103 Å². The quantitative estimate of drug-likeness (QED) is 0.210. The van der Waals surface area contributed by atoms with Crippen LogP contribution in [0.15, 0.2) is 0 Å². The van der Waals surface area contributed by atoms with Gasteiger partial charge in [-0.05, 0) is 0 Å². The van der Waals surface area contributed by atoms with Gasteiger partial charge in [-0.1, -0.05) is 0 Å². The highest BCUT2D eigenvalue weighted by Gasteiger charge is 1.94. The summed E-state index contributed by atoms with van der Waals surface area (Å²) in [5.41, 5.74) is 0. The largest absolute Gasteiger partial charge is 0.631 e. The van der Waals surface area contributed by atoms with Gasteiger partial charge in [0, 0.05) is 0 Å². The molecule has 0 heterocycles. The molecule has 0 amide bonds. The summed E-state index contributed by atoms with van der Waals surface area (Å²) in [6.45, 7) is -0.729. The summed E-state index contributed by atoms with van der Waals surface area (Å²) in [6, 6.07) is 0. The minimum absolute atomic E-state index is 0.365. The topological polar surface area (TPSA) is 243 Å². The molecule has 0 aromatic heterocycles. The first-order valence-electron chi connectivity index (χ1n) is 4.03. The summed E-state index contributed by atoms with van der Waals surface area (Å²) in [5, 5.41) is 88.5. The van der Waals surface area contributed by atoms with E-state index in [1.165, 1.54) is 0 Å². The highest BCUT2D eigenvalue weighted by atomic mass is 16.5. The van der Waals surface area contributed by atoms with Gasteiger partial charge in [0.25, 0.3) is 0 Å². The molecule has 15 heteroatoms. The molecular formula is C3H17B3O12. The van der Waals surface area contributed by atoms with Gasteiger partial charge in [-0.15, -0.1) is 0 Å². The normalized spacial score (nSPS) is 7.83. The van der Waals surface area contributed by atoms with Gasteiger partial charge in [-0.25, -0.2) is 0 Å². The van der Waals surface area contributed by atoms with Gasteiger partial charge in [-0.2, -0.15) is 0 Å². The number of aliphatic hydroxyl groups excluding tert-OH is 3. The minimum atomic E-state index is -2.17. The second kappa shape index (κ2) is 21.9. The van der Waals surface area contributed by atoms with Gasteiger partial charge in [0.1, 0.15) is 6.10 Å². The number of aliphatic hydroxyl groups is 3. The standard InChI is InChI=1S/C3H8O3.3BH3O3/c4-1-3(6)2-5;3*2-1(3)4/h3-6H,1-2H2;3*2-4H. The van der Waals surface area contributed by atoms with Crippen LogP contribution in [0.4, 0.5) is 0 Å². The highest BCUT2D eigenvalue weighted by molar-refractivity contribution is 6.31. The maximum Gasteiger partial charge on any atom is 0.631 e. The van der Waals surface area contributed by atoms with Crippen LogP contribution in [-0.4, -0.2) is 102 Å². The average molecular weight is 278 g/mol. The van der Waals surface area contributed by atoms with E-state index in [1.807, 2.05) is 0 Å². The van der Waals surface area contributed by atoms with Crippen molar-refractivity contribution in [2.45, 2.75) is 6.10 Å². The van der Waals surface area contributed by atoms with Crippen LogP contribution >= 0.6 is 0 Å². The molecule has 0 aliphatic heterocycles. The third kappa shape index (κ3) is 247. The average Bonchev–Trinajstić information content (AvgIpc) is 2.13. The van der Waals surface area contributed by atoms with Crippen molar-refractivity contribution < 1.29 is 60.5 Å². The first-order chi connectivity index (χ1) is 8.00. The summed E-state index contributed by atoms with van der Waals surface area (Å²) in [7, 11) is -6.50. The molecule has 0 aliphatic rings. The van der Waals surface area contributed by atoms with E-state index in [1.54, 1.807) is 0 Å². The lowest BCUT2D eigenvalue weighted by Gasteiger charge is -1.96. The maximum atomic E-state index is 8.17. The number of hydrogen-bond acceptors (Lipinski definition) is 12. The molecule has 0 radical (unpaired) electrons. The van der Waals surface area contributed by atoms with Crippen molar-refractivity contribution in [2.75, 3.05) is 13.2 Å². The van der Waals surface area contributed by atoms with E-state index in [9.17, 15) is 0 Å². The zero-order chi connectivity index (χ0) is 15.7. The number of hydrogen-bond donors (Lipinski definition) is 12. The third-order valence-corrected chi connectivity index (χ3v) is 0.421. The molecule has 18 heavy (non-hydrogen) atoms.